The van der Waals surface area contributed by atoms with Crippen molar-refractivity contribution in [1.29, 1.82) is 0 Å². The van der Waals surface area contributed by atoms with Gasteiger partial charge >= 0.3 is 0 Å². The van der Waals surface area contributed by atoms with E-state index in [9.17, 15) is 9.18 Å². The molecule has 0 bridgehead atoms. The first kappa shape index (κ1) is 17.4. The molecule has 5 rings (SSSR count). The number of para-hydroxylation sites is 1. The normalized spacial score (nSPS) is 13.1. The fourth-order valence-electron chi connectivity index (χ4n) is 4.03. The number of carbonyl (C=O) groups excluding carboxylic acids is 1. The van der Waals surface area contributed by atoms with Gasteiger partial charge in [-0.2, -0.15) is 0 Å². The number of hydrogen-bond donors (Lipinski definition) is 1. The van der Waals surface area contributed by atoms with Gasteiger partial charge in [-0.15, -0.1) is 0 Å². The SMILES string of the molecule is O=C1NCCc2c1c(-c1ccc(F)cc1)c(-c1ccncc1)n2-c1ccccc1. The van der Waals surface area contributed by atoms with Crippen molar-refractivity contribution in [3.63, 3.8) is 0 Å². The van der Waals surface area contributed by atoms with E-state index in [1.807, 2.05) is 42.5 Å². The Morgan fingerprint density at radius 2 is 1.59 bits per heavy atom. The molecule has 1 amide bonds. The van der Waals surface area contributed by atoms with Crippen LogP contribution in [0.25, 0.3) is 28.1 Å². The van der Waals surface area contributed by atoms with Crippen molar-refractivity contribution in [3.8, 4) is 28.1 Å². The molecule has 5 heteroatoms. The number of nitrogens with one attached hydrogen (secondary N) is 1. The summed E-state index contributed by atoms with van der Waals surface area (Å²) in [6.45, 7) is 0.585. The van der Waals surface area contributed by atoms with E-state index in [2.05, 4.69) is 14.9 Å². The van der Waals surface area contributed by atoms with Gasteiger partial charge in [-0.3, -0.25) is 9.78 Å². The minimum atomic E-state index is -0.306. The van der Waals surface area contributed by atoms with E-state index in [0.717, 1.165) is 40.2 Å². The number of aromatic nitrogens is 2. The maximum Gasteiger partial charge on any atom is 0.253 e. The van der Waals surface area contributed by atoms with Gasteiger partial charge in [0.05, 0.1) is 11.3 Å². The first-order valence-corrected chi connectivity index (χ1v) is 9.51. The van der Waals surface area contributed by atoms with E-state index < -0.39 is 0 Å². The van der Waals surface area contributed by atoms with Crippen LogP contribution in [-0.2, 0) is 6.42 Å². The molecule has 29 heavy (non-hydrogen) atoms. The molecule has 0 saturated heterocycles. The molecule has 2 aromatic carbocycles. The Hall–Kier alpha value is -3.73. The topological polar surface area (TPSA) is 46.9 Å². The summed E-state index contributed by atoms with van der Waals surface area (Å²) in [6.07, 6.45) is 4.20. The van der Waals surface area contributed by atoms with Crippen LogP contribution in [0.4, 0.5) is 4.39 Å². The van der Waals surface area contributed by atoms with Gasteiger partial charge in [-0.05, 0) is 42.0 Å². The van der Waals surface area contributed by atoms with Crippen molar-refractivity contribution in [2.24, 2.45) is 0 Å². The fraction of sp³-hybridized carbons (Fsp3) is 0.0833. The van der Waals surface area contributed by atoms with Crippen LogP contribution >= 0.6 is 0 Å². The highest BCUT2D eigenvalue weighted by Gasteiger charge is 2.31. The van der Waals surface area contributed by atoms with Crippen LogP contribution in [0.5, 0.6) is 0 Å². The summed E-state index contributed by atoms with van der Waals surface area (Å²) in [5.41, 5.74) is 6.08. The summed E-state index contributed by atoms with van der Waals surface area (Å²) >= 11 is 0. The van der Waals surface area contributed by atoms with Gasteiger partial charge in [0.1, 0.15) is 5.82 Å². The number of pyridine rings is 1. The molecule has 0 fully saturated rings. The monoisotopic (exact) mass is 383 g/mol. The summed E-state index contributed by atoms with van der Waals surface area (Å²) in [4.78, 5) is 17.1. The van der Waals surface area contributed by atoms with Crippen molar-refractivity contribution in [2.45, 2.75) is 6.42 Å². The lowest BCUT2D eigenvalue weighted by molar-refractivity contribution is 0.0946. The first-order valence-electron chi connectivity index (χ1n) is 9.51. The van der Waals surface area contributed by atoms with Crippen LogP contribution in [0, 0.1) is 5.82 Å². The standard InChI is InChI=1S/C24H18FN3O/c25-18-8-6-16(7-9-18)21-22-20(12-15-27-24(22)29)28(19-4-2-1-3-5-19)23(21)17-10-13-26-14-11-17/h1-11,13-14H,12,15H2,(H,27,29). The molecule has 0 atom stereocenters. The molecule has 142 valence electrons. The van der Waals surface area contributed by atoms with Crippen LogP contribution in [0.3, 0.4) is 0 Å². The van der Waals surface area contributed by atoms with Crippen molar-refractivity contribution >= 4 is 5.91 Å². The number of halogens is 1. The molecule has 0 spiro atoms. The van der Waals surface area contributed by atoms with Crippen molar-refractivity contribution in [1.82, 2.24) is 14.9 Å². The molecule has 1 N–H and O–H groups in total. The minimum absolute atomic E-state index is 0.101. The number of hydrogen-bond acceptors (Lipinski definition) is 2. The lowest BCUT2D eigenvalue weighted by Crippen LogP contribution is -2.32. The fourth-order valence-corrected chi connectivity index (χ4v) is 4.03. The molecule has 1 aliphatic rings. The molecule has 3 heterocycles. The maximum atomic E-state index is 13.6. The van der Waals surface area contributed by atoms with E-state index in [-0.39, 0.29) is 11.7 Å². The Morgan fingerprint density at radius 1 is 0.862 bits per heavy atom. The summed E-state index contributed by atoms with van der Waals surface area (Å²) < 4.78 is 15.8. The van der Waals surface area contributed by atoms with Crippen LogP contribution in [0.1, 0.15) is 16.1 Å². The molecule has 4 nitrogen and oxygen atoms in total. The summed E-state index contributed by atoms with van der Waals surface area (Å²) in [5, 5.41) is 2.96. The van der Waals surface area contributed by atoms with Crippen molar-refractivity contribution in [3.05, 3.63) is 96.2 Å². The second-order valence-electron chi connectivity index (χ2n) is 6.96. The quantitative estimate of drug-likeness (QED) is 0.561. The molecule has 0 aliphatic carbocycles. The zero-order valence-corrected chi connectivity index (χ0v) is 15.6. The Labute approximate surface area is 167 Å². The number of benzene rings is 2. The summed E-state index contributed by atoms with van der Waals surface area (Å²) in [6, 6.07) is 20.2. The number of nitrogens with zero attached hydrogens (tertiary/aromatic N) is 2. The Bertz CT molecular complexity index is 1180. The van der Waals surface area contributed by atoms with E-state index in [4.69, 9.17) is 0 Å². The molecule has 0 saturated carbocycles. The highest BCUT2D eigenvalue weighted by Crippen LogP contribution is 2.42. The van der Waals surface area contributed by atoms with E-state index in [0.29, 0.717) is 12.1 Å². The van der Waals surface area contributed by atoms with Gasteiger partial charge < -0.3 is 9.88 Å². The van der Waals surface area contributed by atoms with Crippen LogP contribution in [0.2, 0.25) is 0 Å². The van der Waals surface area contributed by atoms with Gasteiger partial charge in [-0.1, -0.05) is 30.3 Å². The number of fused-ring (bicyclic) bond motifs is 1. The molecule has 4 aromatic rings. The molecule has 1 aliphatic heterocycles. The predicted octanol–water partition coefficient (Wildman–Crippen LogP) is 4.63. The lowest BCUT2D eigenvalue weighted by atomic mass is 9.95. The van der Waals surface area contributed by atoms with Crippen LogP contribution in [0.15, 0.2) is 79.1 Å². The van der Waals surface area contributed by atoms with Crippen molar-refractivity contribution < 1.29 is 9.18 Å². The first-order chi connectivity index (χ1) is 14.2. The Morgan fingerprint density at radius 3 is 2.31 bits per heavy atom. The number of amides is 1. The summed E-state index contributed by atoms with van der Waals surface area (Å²) in [5.74, 6) is -0.407. The molecular weight excluding hydrogens is 365 g/mol. The Balaban J connectivity index is 1.92. The average Bonchev–Trinajstić information content (AvgIpc) is 3.12. The van der Waals surface area contributed by atoms with Crippen molar-refractivity contribution in [2.75, 3.05) is 6.54 Å². The van der Waals surface area contributed by atoms with Gasteiger partial charge in [0, 0.05) is 47.9 Å². The van der Waals surface area contributed by atoms with E-state index in [1.165, 1.54) is 12.1 Å². The smallest absolute Gasteiger partial charge is 0.253 e. The second-order valence-corrected chi connectivity index (χ2v) is 6.96. The number of rotatable bonds is 3. The van der Waals surface area contributed by atoms with Crippen LogP contribution < -0.4 is 5.32 Å². The molecule has 0 radical (unpaired) electrons. The average molecular weight is 383 g/mol. The van der Waals surface area contributed by atoms with E-state index in [1.54, 1.807) is 24.5 Å². The molecular formula is C24H18FN3O. The third-order valence-electron chi connectivity index (χ3n) is 5.24. The van der Waals surface area contributed by atoms with E-state index >= 15 is 0 Å². The zero-order valence-electron chi connectivity index (χ0n) is 15.6. The zero-order chi connectivity index (χ0) is 19.8. The maximum absolute atomic E-state index is 13.6. The third-order valence-corrected chi connectivity index (χ3v) is 5.24. The second kappa shape index (κ2) is 7.02. The highest BCUT2D eigenvalue weighted by atomic mass is 19.1. The minimum Gasteiger partial charge on any atom is -0.352 e. The van der Waals surface area contributed by atoms with Gasteiger partial charge in [0.15, 0.2) is 0 Å². The molecule has 2 aromatic heterocycles. The van der Waals surface area contributed by atoms with Gasteiger partial charge in [0.2, 0.25) is 0 Å². The number of carbonyl (C=O) groups is 1. The highest BCUT2D eigenvalue weighted by molar-refractivity contribution is 6.07. The third kappa shape index (κ3) is 2.91. The summed E-state index contributed by atoms with van der Waals surface area (Å²) in [7, 11) is 0. The van der Waals surface area contributed by atoms with Gasteiger partial charge in [-0.25, -0.2) is 4.39 Å². The van der Waals surface area contributed by atoms with Crippen LogP contribution in [-0.4, -0.2) is 22.0 Å². The molecule has 0 unspecified atom stereocenters. The van der Waals surface area contributed by atoms with Gasteiger partial charge in [0.25, 0.3) is 5.91 Å². The largest absolute Gasteiger partial charge is 0.352 e. The predicted molar refractivity (Wildman–Crippen MR) is 110 cm³/mol. The Kier molecular flexibility index (Phi) is 4.21. The lowest BCUT2D eigenvalue weighted by Gasteiger charge is -2.17.